The summed E-state index contributed by atoms with van der Waals surface area (Å²) in [4.78, 5) is 2.39. The largest absolute Gasteiger partial charge is 0.310 e. The van der Waals surface area contributed by atoms with Crippen LogP contribution in [0, 0.1) is 0 Å². The van der Waals surface area contributed by atoms with Gasteiger partial charge in [-0.2, -0.15) is 0 Å². The summed E-state index contributed by atoms with van der Waals surface area (Å²) in [5.74, 6) is 0. The van der Waals surface area contributed by atoms with Crippen molar-refractivity contribution >= 4 is 70.4 Å². The Morgan fingerprint density at radius 2 is 0.667 bits per heavy atom. The second-order valence-electron chi connectivity index (χ2n) is 16.2. The van der Waals surface area contributed by atoms with Gasteiger partial charge < -0.3 is 9.47 Å². The van der Waals surface area contributed by atoms with Crippen LogP contribution in [-0.2, 0) is 0 Å². The predicted octanol–water partition coefficient (Wildman–Crippen LogP) is 17.3. The highest BCUT2D eigenvalue weighted by molar-refractivity contribution is 7.25. The number of hydrogen-bond acceptors (Lipinski definition) is 2. The summed E-state index contributed by atoms with van der Waals surface area (Å²) in [6, 6.07) is 88.4. The van der Waals surface area contributed by atoms with Crippen LogP contribution in [0.25, 0.3) is 92.2 Å². The van der Waals surface area contributed by atoms with Crippen LogP contribution in [0.4, 0.5) is 17.1 Å². The molecule has 2 heterocycles. The maximum Gasteiger partial charge on any atom is 0.0541 e. The van der Waals surface area contributed by atoms with E-state index in [2.05, 4.69) is 252 Å². The van der Waals surface area contributed by atoms with E-state index in [9.17, 15) is 0 Å². The van der Waals surface area contributed by atoms with E-state index in [-0.39, 0.29) is 0 Å². The molecule has 0 fully saturated rings. The number of anilines is 3. The summed E-state index contributed by atoms with van der Waals surface area (Å²) in [5, 5.41) is 5.11. The number of rotatable bonds is 8. The van der Waals surface area contributed by atoms with Crippen molar-refractivity contribution in [2.24, 2.45) is 0 Å². The van der Waals surface area contributed by atoms with Crippen molar-refractivity contribution in [3.8, 4) is 50.2 Å². The maximum atomic E-state index is 2.39. The number of hydrogen-bond donors (Lipinski definition) is 0. The Bertz CT molecular complexity index is 3470. The molecule has 0 spiro atoms. The number of benzene rings is 10. The topological polar surface area (TPSA) is 8.17 Å². The standard InChI is InChI=1S/C60H40N2S/c1-3-13-41(14-4-1)46-37-47(42-15-5-2-6-16-42)39-48(38-46)45-27-31-50(32-28-45)61(52-35-36-60-56(40-52)55-19-9-12-22-59(55)63-60)49-29-23-43(24-30-49)44-25-33-51(34-26-44)62-57-20-10-7-17-53(57)54-18-8-11-21-58(54)62/h1-40H. The van der Waals surface area contributed by atoms with Crippen LogP contribution in [0.3, 0.4) is 0 Å². The quantitative estimate of drug-likeness (QED) is 0.148. The van der Waals surface area contributed by atoms with Crippen molar-refractivity contribution in [1.82, 2.24) is 4.57 Å². The molecular formula is C60H40N2S. The van der Waals surface area contributed by atoms with Crippen molar-refractivity contribution < 1.29 is 0 Å². The molecule has 0 saturated carbocycles. The van der Waals surface area contributed by atoms with Crippen LogP contribution in [0.15, 0.2) is 243 Å². The van der Waals surface area contributed by atoms with E-state index in [0.29, 0.717) is 0 Å². The van der Waals surface area contributed by atoms with Gasteiger partial charge in [0.2, 0.25) is 0 Å². The van der Waals surface area contributed by atoms with Crippen LogP contribution in [0.1, 0.15) is 0 Å². The number of aromatic nitrogens is 1. The molecule has 0 aliphatic heterocycles. The third-order valence-electron chi connectivity index (χ3n) is 12.4. The lowest BCUT2D eigenvalue weighted by molar-refractivity contribution is 1.18. The smallest absolute Gasteiger partial charge is 0.0541 e. The molecule has 0 bridgehead atoms. The molecule has 0 amide bonds. The van der Waals surface area contributed by atoms with E-state index in [0.717, 1.165) is 22.7 Å². The summed E-state index contributed by atoms with van der Waals surface area (Å²) in [7, 11) is 0. The monoisotopic (exact) mass is 820 g/mol. The minimum atomic E-state index is 1.10. The third-order valence-corrected chi connectivity index (χ3v) is 13.5. The van der Waals surface area contributed by atoms with Gasteiger partial charge >= 0.3 is 0 Å². The molecule has 12 rings (SSSR count). The Hall–Kier alpha value is -7.98. The van der Waals surface area contributed by atoms with E-state index < -0.39 is 0 Å². The second kappa shape index (κ2) is 15.5. The minimum absolute atomic E-state index is 1.10. The molecule has 0 aliphatic rings. The van der Waals surface area contributed by atoms with Crippen molar-refractivity contribution in [1.29, 1.82) is 0 Å². The normalized spacial score (nSPS) is 11.5. The van der Waals surface area contributed by atoms with Gasteiger partial charge in [-0.15, -0.1) is 11.3 Å². The minimum Gasteiger partial charge on any atom is -0.310 e. The predicted molar refractivity (Wildman–Crippen MR) is 270 cm³/mol. The van der Waals surface area contributed by atoms with E-state index in [1.165, 1.54) is 86.5 Å². The van der Waals surface area contributed by atoms with Crippen LogP contribution < -0.4 is 4.90 Å². The molecule has 0 aliphatic carbocycles. The van der Waals surface area contributed by atoms with Gasteiger partial charge in [0.1, 0.15) is 0 Å². The fourth-order valence-electron chi connectivity index (χ4n) is 9.30. The van der Waals surface area contributed by atoms with E-state index in [4.69, 9.17) is 0 Å². The zero-order valence-corrected chi connectivity index (χ0v) is 35.2. The lowest BCUT2D eigenvalue weighted by Gasteiger charge is -2.26. The molecule has 0 unspecified atom stereocenters. The average molecular weight is 821 g/mol. The zero-order chi connectivity index (χ0) is 41.7. The van der Waals surface area contributed by atoms with Crippen LogP contribution in [-0.4, -0.2) is 4.57 Å². The van der Waals surface area contributed by atoms with E-state index in [1.807, 2.05) is 11.3 Å². The first kappa shape index (κ1) is 36.8. The Kier molecular flexibility index (Phi) is 9.06. The van der Waals surface area contributed by atoms with Gasteiger partial charge in [0.05, 0.1) is 11.0 Å². The summed E-state index contributed by atoms with van der Waals surface area (Å²) >= 11 is 1.85. The number of thiophene rings is 1. The first-order chi connectivity index (χ1) is 31.2. The molecule has 0 radical (unpaired) electrons. The molecule has 296 valence electrons. The van der Waals surface area contributed by atoms with Gasteiger partial charge in [-0.05, 0) is 136 Å². The van der Waals surface area contributed by atoms with Gasteiger partial charge in [-0.1, -0.05) is 152 Å². The Labute approximate surface area is 370 Å². The SMILES string of the molecule is c1ccc(-c2cc(-c3ccccc3)cc(-c3ccc(N(c4ccc(-c5ccc(-n6c7ccccc7c7ccccc76)cc5)cc4)c4ccc5sc6ccccc6c5c4)cc3)c2)cc1. The Morgan fingerprint density at radius 3 is 1.21 bits per heavy atom. The molecule has 2 nitrogen and oxygen atoms in total. The fraction of sp³-hybridized carbons (Fsp3) is 0. The number of para-hydroxylation sites is 2. The lowest BCUT2D eigenvalue weighted by Crippen LogP contribution is -2.09. The Morgan fingerprint density at radius 1 is 0.270 bits per heavy atom. The molecule has 2 aromatic heterocycles. The van der Waals surface area contributed by atoms with Crippen LogP contribution >= 0.6 is 11.3 Å². The highest BCUT2D eigenvalue weighted by Gasteiger charge is 2.17. The molecule has 63 heavy (non-hydrogen) atoms. The lowest BCUT2D eigenvalue weighted by atomic mass is 9.93. The van der Waals surface area contributed by atoms with Crippen molar-refractivity contribution in [3.63, 3.8) is 0 Å². The molecule has 0 atom stereocenters. The van der Waals surface area contributed by atoms with Gasteiger partial charge in [0.25, 0.3) is 0 Å². The molecule has 3 heteroatoms. The van der Waals surface area contributed by atoms with Crippen LogP contribution in [0.5, 0.6) is 0 Å². The maximum absolute atomic E-state index is 2.39. The molecule has 0 N–H and O–H groups in total. The number of fused-ring (bicyclic) bond motifs is 6. The second-order valence-corrected chi connectivity index (χ2v) is 17.2. The van der Waals surface area contributed by atoms with Gasteiger partial charge in [0, 0.05) is 53.7 Å². The van der Waals surface area contributed by atoms with Gasteiger partial charge in [0.15, 0.2) is 0 Å². The molecule has 10 aromatic carbocycles. The van der Waals surface area contributed by atoms with Crippen molar-refractivity contribution in [2.75, 3.05) is 4.90 Å². The highest BCUT2D eigenvalue weighted by Crippen LogP contribution is 2.42. The molecule has 0 saturated heterocycles. The molecule has 12 aromatic rings. The summed E-state index contributed by atoms with van der Waals surface area (Å²) < 4.78 is 4.97. The average Bonchev–Trinajstić information content (AvgIpc) is 3.91. The third kappa shape index (κ3) is 6.67. The number of nitrogens with zero attached hydrogens (tertiary/aromatic N) is 2. The summed E-state index contributed by atoms with van der Waals surface area (Å²) in [5.41, 5.74) is 16.5. The first-order valence-electron chi connectivity index (χ1n) is 21.5. The zero-order valence-electron chi connectivity index (χ0n) is 34.4. The Balaban J connectivity index is 0.924. The van der Waals surface area contributed by atoms with Crippen LogP contribution in [0.2, 0.25) is 0 Å². The summed E-state index contributed by atoms with van der Waals surface area (Å²) in [6.45, 7) is 0. The van der Waals surface area contributed by atoms with E-state index in [1.54, 1.807) is 0 Å². The van der Waals surface area contributed by atoms with Gasteiger partial charge in [-0.3, -0.25) is 0 Å². The first-order valence-corrected chi connectivity index (χ1v) is 22.3. The van der Waals surface area contributed by atoms with Crippen molar-refractivity contribution in [3.05, 3.63) is 243 Å². The molecular weight excluding hydrogens is 781 g/mol. The fourth-order valence-corrected chi connectivity index (χ4v) is 10.4. The summed E-state index contributed by atoms with van der Waals surface area (Å²) in [6.07, 6.45) is 0. The van der Waals surface area contributed by atoms with Gasteiger partial charge in [-0.25, -0.2) is 0 Å². The highest BCUT2D eigenvalue weighted by atomic mass is 32.1. The van der Waals surface area contributed by atoms with E-state index >= 15 is 0 Å². The van der Waals surface area contributed by atoms with Crippen molar-refractivity contribution in [2.45, 2.75) is 0 Å².